The molecular weight excluding hydrogens is 457 g/mol. The fourth-order valence-electron chi connectivity index (χ4n) is 3.19. The van der Waals surface area contributed by atoms with Crippen molar-refractivity contribution in [2.75, 3.05) is 19.3 Å². The van der Waals surface area contributed by atoms with Crippen LogP contribution in [0.25, 0.3) is 17.1 Å². The van der Waals surface area contributed by atoms with Crippen molar-refractivity contribution in [1.29, 1.82) is 0 Å². The molecule has 0 saturated carbocycles. The van der Waals surface area contributed by atoms with Crippen LogP contribution in [0.5, 0.6) is 0 Å². The molecule has 2 amide bonds. The Kier molecular flexibility index (Phi) is 7.38. The maximum atomic E-state index is 14.5. The van der Waals surface area contributed by atoms with Crippen LogP contribution in [0.1, 0.15) is 5.76 Å². The molecule has 8 nitrogen and oxygen atoms in total. The third kappa shape index (κ3) is 5.52. The van der Waals surface area contributed by atoms with E-state index in [1.54, 1.807) is 41.9 Å². The molecule has 0 fully saturated rings. The first-order valence-electron chi connectivity index (χ1n) is 10.4. The van der Waals surface area contributed by atoms with E-state index < -0.39 is 5.82 Å². The minimum Gasteiger partial charge on any atom is -0.467 e. The molecule has 0 radical (unpaired) electrons. The van der Waals surface area contributed by atoms with Crippen LogP contribution in [-0.2, 0) is 16.1 Å². The number of hydrogen-bond acceptors (Lipinski definition) is 6. The summed E-state index contributed by atoms with van der Waals surface area (Å²) in [5.41, 5.74) is 1.05. The summed E-state index contributed by atoms with van der Waals surface area (Å²) < 4.78 is 21.4. The van der Waals surface area contributed by atoms with Crippen LogP contribution in [0.4, 0.5) is 4.39 Å². The Balaban J connectivity index is 1.44. The lowest BCUT2D eigenvalue weighted by Crippen LogP contribution is -2.38. The van der Waals surface area contributed by atoms with Gasteiger partial charge >= 0.3 is 0 Å². The number of nitrogens with zero attached hydrogens (tertiary/aromatic N) is 4. The van der Waals surface area contributed by atoms with Gasteiger partial charge in [-0.3, -0.25) is 14.2 Å². The highest BCUT2D eigenvalue weighted by Crippen LogP contribution is 2.29. The highest BCUT2D eigenvalue weighted by Gasteiger charge is 2.20. The minimum absolute atomic E-state index is 0.0319. The van der Waals surface area contributed by atoms with Crippen LogP contribution in [0.2, 0.25) is 0 Å². The predicted molar refractivity (Wildman–Crippen MR) is 126 cm³/mol. The normalized spacial score (nSPS) is 10.8. The Hall–Kier alpha value is -3.92. The average Bonchev–Trinajstić information content (AvgIpc) is 3.52. The smallest absolute Gasteiger partial charge is 0.239 e. The summed E-state index contributed by atoms with van der Waals surface area (Å²) in [7, 11) is 1.56. The van der Waals surface area contributed by atoms with Gasteiger partial charge in [-0.15, -0.1) is 10.2 Å². The maximum absolute atomic E-state index is 14.5. The van der Waals surface area contributed by atoms with Crippen molar-refractivity contribution in [3.63, 3.8) is 0 Å². The van der Waals surface area contributed by atoms with Crippen LogP contribution in [0, 0.1) is 5.82 Å². The summed E-state index contributed by atoms with van der Waals surface area (Å²) in [6.07, 6.45) is 1.53. The topological polar surface area (TPSA) is 93.3 Å². The molecule has 0 unspecified atom stereocenters. The zero-order chi connectivity index (χ0) is 23.9. The third-order valence-corrected chi connectivity index (χ3v) is 5.85. The van der Waals surface area contributed by atoms with Gasteiger partial charge < -0.3 is 14.6 Å². The first-order chi connectivity index (χ1) is 16.5. The molecule has 0 atom stereocenters. The predicted octanol–water partition coefficient (Wildman–Crippen LogP) is 3.53. The number of carbonyl (C=O) groups excluding carboxylic acids is 2. The van der Waals surface area contributed by atoms with E-state index in [0.717, 1.165) is 5.69 Å². The molecule has 2 heterocycles. The number of hydrogen-bond donors (Lipinski definition) is 1. The van der Waals surface area contributed by atoms with Gasteiger partial charge in [-0.1, -0.05) is 42.1 Å². The second kappa shape index (κ2) is 10.8. The lowest BCUT2D eigenvalue weighted by molar-refractivity contribution is -0.132. The van der Waals surface area contributed by atoms with E-state index >= 15 is 0 Å². The second-order valence-corrected chi connectivity index (χ2v) is 8.29. The van der Waals surface area contributed by atoms with E-state index in [4.69, 9.17) is 4.42 Å². The molecule has 0 aliphatic carbocycles. The van der Waals surface area contributed by atoms with E-state index in [9.17, 15) is 14.0 Å². The Labute approximate surface area is 199 Å². The zero-order valence-electron chi connectivity index (χ0n) is 18.3. The molecule has 0 aliphatic heterocycles. The van der Waals surface area contributed by atoms with Gasteiger partial charge in [-0.25, -0.2) is 4.39 Å². The summed E-state index contributed by atoms with van der Waals surface area (Å²) in [6.45, 7) is 0.160. The van der Waals surface area contributed by atoms with Crippen molar-refractivity contribution in [2.45, 2.75) is 11.7 Å². The average molecular weight is 480 g/mol. The number of carbonyl (C=O) groups is 2. The zero-order valence-corrected chi connectivity index (χ0v) is 19.2. The summed E-state index contributed by atoms with van der Waals surface area (Å²) in [5.74, 6) is 0.0259. The summed E-state index contributed by atoms with van der Waals surface area (Å²) in [6, 6.07) is 19.1. The second-order valence-electron chi connectivity index (χ2n) is 7.35. The highest BCUT2D eigenvalue weighted by molar-refractivity contribution is 7.99. The van der Waals surface area contributed by atoms with Crippen molar-refractivity contribution in [2.24, 2.45) is 0 Å². The number of para-hydroxylation sites is 1. The minimum atomic E-state index is -0.417. The number of rotatable bonds is 9. The van der Waals surface area contributed by atoms with Gasteiger partial charge in [0.2, 0.25) is 11.8 Å². The Morgan fingerprint density at radius 3 is 2.56 bits per heavy atom. The standard InChI is InChI=1S/C24H22FN5O3S/c1-29(15-21(31)26-14-18-10-7-13-33-18)22(32)16-34-24-28-27-23(19-11-5-6-12-20(19)25)30(24)17-8-3-2-4-9-17/h2-13H,14-16H2,1H3,(H,26,31). The van der Waals surface area contributed by atoms with E-state index in [1.807, 2.05) is 30.3 Å². The summed E-state index contributed by atoms with van der Waals surface area (Å²) in [4.78, 5) is 26.1. The van der Waals surface area contributed by atoms with Crippen molar-refractivity contribution in [3.8, 4) is 17.1 Å². The largest absolute Gasteiger partial charge is 0.467 e. The molecule has 1 N–H and O–H groups in total. The van der Waals surface area contributed by atoms with Gasteiger partial charge in [0.1, 0.15) is 11.6 Å². The lowest BCUT2D eigenvalue weighted by Gasteiger charge is -2.16. The molecule has 0 spiro atoms. The number of amides is 2. The molecule has 174 valence electrons. The van der Waals surface area contributed by atoms with Crippen molar-refractivity contribution in [1.82, 2.24) is 25.0 Å². The Bertz CT molecular complexity index is 1260. The van der Waals surface area contributed by atoms with Gasteiger partial charge in [0.25, 0.3) is 0 Å². The van der Waals surface area contributed by atoms with Gasteiger partial charge in [-0.2, -0.15) is 0 Å². The number of nitrogens with one attached hydrogen (secondary N) is 1. The summed E-state index contributed by atoms with van der Waals surface area (Å²) in [5, 5.41) is 11.6. The van der Waals surface area contributed by atoms with Gasteiger partial charge in [0.05, 0.1) is 30.7 Å². The van der Waals surface area contributed by atoms with E-state index in [0.29, 0.717) is 22.3 Å². The van der Waals surface area contributed by atoms with Gasteiger partial charge in [-0.05, 0) is 36.4 Å². The number of thioether (sulfide) groups is 1. The molecule has 4 aromatic rings. The van der Waals surface area contributed by atoms with E-state index in [1.165, 1.54) is 29.0 Å². The Morgan fingerprint density at radius 2 is 1.82 bits per heavy atom. The monoisotopic (exact) mass is 479 g/mol. The van der Waals surface area contributed by atoms with E-state index in [-0.39, 0.29) is 30.7 Å². The number of furan rings is 1. The molecule has 10 heteroatoms. The number of aromatic nitrogens is 3. The SMILES string of the molecule is CN(CC(=O)NCc1ccco1)C(=O)CSc1nnc(-c2ccccc2F)n1-c1ccccc1. The molecule has 0 bridgehead atoms. The van der Waals surface area contributed by atoms with Crippen molar-refractivity contribution >= 4 is 23.6 Å². The number of benzene rings is 2. The molecule has 4 rings (SSSR count). The number of likely N-dealkylation sites (N-methyl/N-ethyl adjacent to an activating group) is 1. The van der Waals surface area contributed by atoms with E-state index in [2.05, 4.69) is 15.5 Å². The molecular formula is C24H22FN5O3S. The highest BCUT2D eigenvalue weighted by atomic mass is 32.2. The Morgan fingerprint density at radius 1 is 1.06 bits per heavy atom. The molecule has 0 saturated heterocycles. The summed E-state index contributed by atoms with van der Waals surface area (Å²) >= 11 is 1.17. The quantitative estimate of drug-likeness (QED) is 0.369. The lowest BCUT2D eigenvalue weighted by atomic mass is 10.2. The van der Waals surface area contributed by atoms with Crippen LogP contribution in [0.15, 0.2) is 82.6 Å². The van der Waals surface area contributed by atoms with Crippen LogP contribution < -0.4 is 5.32 Å². The molecule has 34 heavy (non-hydrogen) atoms. The third-order valence-electron chi connectivity index (χ3n) is 4.93. The fourth-order valence-corrected chi connectivity index (χ4v) is 4.08. The number of halogens is 1. The maximum Gasteiger partial charge on any atom is 0.239 e. The first-order valence-corrected chi connectivity index (χ1v) is 11.4. The van der Waals surface area contributed by atoms with Gasteiger partial charge in [0, 0.05) is 12.7 Å². The van der Waals surface area contributed by atoms with Gasteiger partial charge in [0.15, 0.2) is 11.0 Å². The van der Waals surface area contributed by atoms with Crippen molar-refractivity contribution in [3.05, 3.63) is 84.6 Å². The molecule has 2 aromatic heterocycles. The van der Waals surface area contributed by atoms with Crippen LogP contribution in [-0.4, -0.2) is 50.8 Å². The van der Waals surface area contributed by atoms with Crippen LogP contribution in [0.3, 0.4) is 0 Å². The molecule has 2 aromatic carbocycles. The molecule has 0 aliphatic rings. The van der Waals surface area contributed by atoms with Crippen molar-refractivity contribution < 1.29 is 18.4 Å². The fraction of sp³-hybridized carbons (Fsp3) is 0.167. The van der Waals surface area contributed by atoms with Crippen LogP contribution >= 0.6 is 11.8 Å². The first kappa shape index (κ1) is 23.2.